The molecule has 0 unspecified atom stereocenters. The Morgan fingerprint density at radius 1 is 1.40 bits per heavy atom. The first-order chi connectivity index (χ1) is 9.43. The van der Waals surface area contributed by atoms with E-state index in [0.717, 1.165) is 5.76 Å². The number of aryl methyl sites for hydroxylation is 1. The summed E-state index contributed by atoms with van der Waals surface area (Å²) in [5.74, 6) is 1.63. The molecule has 1 N–H and O–H groups in total. The third kappa shape index (κ3) is 3.41. The van der Waals surface area contributed by atoms with Gasteiger partial charge in [0.05, 0.1) is 6.54 Å². The van der Waals surface area contributed by atoms with Gasteiger partial charge in [0.25, 0.3) is 10.2 Å². The number of aliphatic hydroxyl groups excluding tert-OH is 1. The van der Waals surface area contributed by atoms with Crippen molar-refractivity contribution in [2.24, 2.45) is 5.92 Å². The van der Waals surface area contributed by atoms with E-state index in [-0.39, 0.29) is 19.1 Å². The van der Waals surface area contributed by atoms with Crippen molar-refractivity contribution in [3.05, 3.63) is 23.7 Å². The molecule has 1 aromatic rings. The Balaban J connectivity index is 1.99. The molecular weight excluding hydrogens is 280 g/mol. The first-order valence-corrected chi connectivity index (χ1v) is 8.20. The zero-order valence-corrected chi connectivity index (χ0v) is 12.8. The highest BCUT2D eigenvalue weighted by molar-refractivity contribution is 7.86. The number of aliphatic hydroxyl groups is 1. The van der Waals surface area contributed by atoms with Crippen molar-refractivity contribution in [3.63, 3.8) is 0 Å². The molecule has 0 spiro atoms. The average Bonchev–Trinajstić information content (AvgIpc) is 2.84. The summed E-state index contributed by atoms with van der Waals surface area (Å²) >= 11 is 0. The van der Waals surface area contributed by atoms with Crippen molar-refractivity contribution in [1.29, 1.82) is 0 Å². The van der Waals surface area contributed by atoms with E-state index < -0.39 is 10.2 Å². The van der Waals surface area contributed by atoms with Gasteiger partial charge in [-0.3, -0.25) is 0 Å². The molecule has 1 aliphatic rings. The highest BCUT2D eigenvalue weighted by Crippen LogP contribution is 2.21. The fourth-order valence-corrected chi connectivity index (χ4v) is 3.75. The summed E-state index contributed by atoms with van der Waals surface area (Å²) in [6.07, 6.45) is 1.42. The lowest BCUT2D eigenvalue weighted by molar-refractivity contribution is 0.166. The van der Waals surface area contributed by atoms with Crippen LogP contribution in [0, 0.1) is 12.8 Å². The lowest BCUT2D eigenvalue weighted by atomic mass is 10.00. The van der Waals surface area contributed by atoms with Crippen LogP contribution in [-0.2, 0) is 16.8 Å². The summed E-state index contributed by atoms with van der Waals surface area (Å²) in [5, 5.41) is 9.10. The van der Waals surface area contributed by atoms with Gasteiger partial charge in [0.2, 0.25) is 0 Å². The van der Waals surface area contributed by atoms with Crippen molar-refractivity contribution < 1.29 is 17.9 Å². The molecule has 1 aromatic heterocycles. The van der Waals surface area contributed by atoms with E-state index in [1.165, 1.54) is 8.61 Å². The van der Waals surface area contributed by atoms with Crippen LogP contribution >= 0.6 is 0 Å². The van der Waals surface area contributed by atoms with Crippen LogP contribution in [0.2, 0.25) is 0 Å². The number of hydrogen-bond acceptors (Lipinski definition) is 4. The third-order valence-electron chi connectivity index (χ3n) is 3.73. The highest BCUT2D eigenvalue weighted by Gasteiger charge is 2.31. The summed E-state index contributed by atoms with van der Waals surface area (Å²) in [6, 6.07) is 3.61. The summed E-state index contributed by atoms with van der Waals surface area (Å²) in [6.45, 7) is 3.13. The Bertz CT molecular complexity index is 532. The van der Waals surface area contributed by atoms with E-state index in [4.69, 9.17) is 9.52 Å². The molecule has 7 heteroatoms. The van der Waals surface area contributed by atoms with Crippen LogP contribution in [0.5, 0.6) is 0 Å². The predicted molar refractivity (Wildman–Crippen MR) is 75.2 cm³/mol. The van der Waals surface area contributed by atoms with Crippen LogP contribution in [0.25, 0.3) is 0 Å². The fourth-order valence-electron chi connectivity index (χ4n) is 2.39. The number of rotatable bonds is 5. The van der Waals surface area contributed by atoms with Crippen molar-refractivity contribution >= 4 is 10.2 Å². The molecule has 1 saturated heterocycles. The Morgan fingerprint density at radius 3 is 2.55 bits per heavy atom. The standard InChI is InChI=1S/C13H22N2O4S/c1-11-3-4-13(19-11)9-14(2)20(17,18)15-7-5-12(10-16)6-8-15/h3-4,12,16H,5-10H2,1-2H3. The Hall–Kier alpha value is -0.890. The van der Waals surface area contributed by atoms with Crippen LogP contribution in [0.15, 0.2) is 16.5 Å². The zero-order valence-electron chi connectivity index (χ0n) is 11.9. The molecule has 0 saturated carbocycles. The molecule has 0 aliphatic carbocycles. The maximum Gasteiger partial charge on any atom is 0.282 e. The van der Waals surface area contributed by atoms with Crippen LogP contribution in [0.1, 0.15) is 24.4 Å². The quantitative estimate of drug-likeness (QED) is 0.879. The zero-order chi connectivity index (χ0) is 14.8. The average molecular weight is 302 g/mol. The second-order valence-corrected chi connectivity index (χ2v) is 7.34. The summed E-state index contributed by atoms with van der Waals surface area (Å²) in [4.78, 5) is 0. The predicted octanol–water partition coefficient (Wildman–Crippen LogP) is 0.969. The van der Waals surface area contributed by atoms with Gasteiger partial charge < -0.3 is 9.52 Å². The van der Waals surface area contributed by atoms with E-state index in [1.54, 1.807) is 13.1 Å². The monoisotopic (exact) mass is 302 g/mol. The maximum atomic E-state index is 12.4. The van der Waals surface area contributed by atoms with Gasteiger partial charge in [-0.05, 0) is 37.8 Å². The van der Waals surface area contributed by atoms with Crippen molar-refractivity contribution in [1.82, 2.24) is 8.61 Å². The molecule has 2 heterocycles. The van der Waals surface area contributed by atoms with Crippen LogP contribution in [-0.4, -0.2) is 48.9 Å². The molecule has 6 nitrogen and oxygen atoms in total. The molecule has 0 amide bonds. The number of hydrogen-bond donors (Lipinski definition) is 1. The van der Waals surface area contributed by atoms with Crippen LogP contribution in [0.3, 0.4) is 0 Å². The molecule has 0 aromatic carbocycles. The lowest BCUT2D eigenvalue weighted by Gasteiger charge is -2.32. The SMILES string of the molecule is Cc1ccc(CN(C)S(=O)(=O)N2CCC(CO)CC2)o1. The Labute approximate surface area is 120 Å². The minimum Gasteiger partial charge on any atom is -0.465 e. The summed E-state index contributed by atoms with van der Waals surface area (Å²) in [5.41, 5.74) is 0. The van der Waals surface area contributed by atoms with Crippen molar-refractivity contribution in [3.8, 4) is 0 Å². The van der Waals surface area contributed by atoms with Gasteiger partial charge in [0.15, 0.2) is 0 Å². The van der Waals surface area contributed by atoms with Gasteiger partial charge in [-0.2, -0.15) is 17.0 Å². The number of piperidine rings is 1. The summed E-state index contributed by atoms with van der Waals surface area (Å²) < 4.78 is 33.1. The molecule has 114 valence electrons. The van der Waals surface area contributed by atoms with Gasteiger partial charge in [-0.15, -0.1) is 0 Å². The smallest absolute Gasteiger partial charge is 0.282 e. The molecule has 2 rings (SSSR count). The van der Waals surface area contributed by atoms with Gasteiger partial charge in [0, 0.05) is 26.7 Å². The van der Waals surface area contributed by atoms with Gasteiger partial charge in [-0.1, -0.05) is 0 Å². The molecule has 1 aliphatic heterocycles. The third-order valence-corrected chi connectivity index (χ3v) is 5.66. The first-order valence-electron chi connectivity index (χ1n) is 6.81. The Morgan fingerprint density at radius 2 is 2.05 bits per heavy atom. The fraction of sp³-hybridized carbons (Fsp3) is 0.692. The minimum absolute atomic E-state index is 0.134. The molecule has 20 heavy (non-hydrogen) atoms. The molecule has 0 bridgehead atoms. The van der Waals surface area contributed by atoms with Crippen molar-refractivity contribution in [2.45, 2.75) is 26.3 Å². The van der Waals surface area contributed by atoms with E-state index in [1.807, 2.05) is 13.0 Å². The molecular formula is C13H22N2O4S. The van der Waals surface area contributed by atoms with Crippen molar-refractivity contribution in [2.75, 3.05) is 26.7 Å². The summed E-state index contributed by atoms with van der Waals surface area (Å²) in [7, 11) is -1.90. The van der Waals surface area contributed by atoms with E-state index in [0.29, 0.717) is 31.7 Å². The Kier molecular flexibility index (Phi) is 4.85. The largest absolute Gasteiger partial charge is 0.465 e. The second kappa shape index (κ2) is 6.26. The van der Waals surface area contributed by atoms with Gasteiger partial charge >= 0.3 is 0 Å². The van der Waals surface area contributed by atoms with E-state index in [9.17, 15) is 8.42 Å². The topological polar surface area (TPSA) is 74.0 Å². The molecule has 0 radical (unpaired) electrons. The van der Waals surface area contributed by atoms with Crippen LogP contribution in [0.4, 0.5) is 0 Å². The van der Waals surface area contributed by atoms with E-state index in [2.05, 4.69) is 0 Å². The molecule has 0 atom stereocenters. The molecule has 1 fully saturated rings. The number of nitrogens with zero attached hydrogens (tertiary/aromatic N) is 2. The highest BCUT2D eigenvalue weighted by atomic mass is 32.2. The van der Waals surface area contributed by atoms with E-state index >= 15 is 0 Å². The minimum atomic E-state index is -3.46. The van der Waals surface area contributed by atoms with Gasteiger partial charge in [-0.25, -0.2) is 0 Å². The first kappa shape index (κ1) is 15.5. The van der Waals surface area contributed by atoms with Gasteiger partial charge in [0.1, 0.15) is 11.5 Å². The lowest BCUT2D eigenvalue weighted by Crippen LogP contribution is -2.45. The maximum absolute atomic E-state index is 12.4. The second-order valence-electron chi connectivity index (χ2n) is 5.30. The normalized spacial score (nSPS) is 18.8. The number of furan rings is 1. The van der Waals surface area contributed by atoms with Crippen LogP contribution < -0.4 is 0 Å².